The number of rotatable bonds is 3. The van der Waals surface area contributed by atoms with Crippen molar-refractivity contribution in [1.82, 2.24) is 5.32 Å². The third-order valence-corrected chi connectivity index (χ3v) is 2.83. The van der Waals surface area contributed by atoms with Crippen molar-refractivity contribution in [3.8, 4) is 0 Å². The van der Waals surface area contributed by atoms with Crippen LogP contribution < -0.4 is 11.1 Å². The number of allylic oxidation sites excluding steroid dienone is 2. The summed E-state index contributed by atoms with van der Waals surface area (Å²) in [7, 11) is 0. The molecule has 0 bridgehead atoms. The fourth-order valence-corrected chi connectivity index (χ4v) is 1.73. The Hall–Kier alpha value is -0.990. The van der Waals surface area contributed by atoms with E-state index >= 15 is 0 Å². The summed E-state index contributed by atoms with van der Waals surface area (Å²) in [5.41, 5.74) is 5.75. The number of nitrogens with zero attached hydrogens (tertiary/aromatic N) is 1. The van der Waals surface area contributed by atoms with Gasteiger partial charge in [-0.2, -0.15) is 0 Å². The SMILES string of the molecule is NC(=NCC1CC=CCC1)NC1CC1. The Labute approximate surface area is 85.5 Å². The van der Waals surface area contributed by atoms with Gasteiger partial charge in [0, 0.05) is 12.6 Å². The lowest BCUT2D eigenvalue weighted by molar-refractivity contribution is 0.491. The summed E-state index contributed by atoms with van der Waals surface area (Å²) >= 11 is 0. The fourth-order valence-electron chi connectivity index (χ4n) is 1.73. The first-order chi connectivity index (χ1) is 6.84. The Bertz CT molecular complexity index is 241. The number of nitrogens with one attached hydrogen (secondary N) is 1. The molecular weight excluding hydrogens is 174 g/mol. The average molecular weight is 193 g/mol. The Morgan fingerprint density at radius 3 is 2.86 bits per heavy atom. The summed E-state index contributed by atoms with van der Waals surface area (Å²) in [6.07, 6.45) is 10.7. The minimum absolute atomic E-state index is 0.616. The summed E-state index contributed by atoms with van der Waals surface area (Å²) in [4.78, 5) is 4.38. The zero-order chi connectivity index (χ0) is 9.80. The fraction of sp³-hybridized carbons (Fsp3) is 0.727. The van der Waals surface area contributed by atoms with Crippen LogP contribution in [-0.2, 0) is 0 Å². The minimum atomic E-state index is 0.616. The van der Waals surface area contributed by atoms with Crippen LogP contribution in [0.15, 0.2) is 17.1 Å². The number of aliphatic imine (C=N–C) groups is 1. The maximum absolute atomic E-state index is 5.75. The highest BCUT2D eigenvalue weighted by molar-refractivity contribution is 5.78. The standard InChI is InChI=1S/C11H19N3/c12-11(14-10-6-7-10)13-8-9-4-2-1-3-5-9/h1-2,9-10H,3-8H2,(H3,12,13,14). The van der Waals surface area contributed by atoms with Crippen molar-refractivity contribution in [3.63, 3.8) is 0 Å². The third kappa shape index (κ3) is 3.05. The summed E-state index contributed by atoms with van der Waals surface area (Å²) in [5, 5.41) is 3.20. The second-order valence-corrected chi connectivity index (χ2v) is 4.30. The molecule has 0 aliphatic heterocycles. The van der Waals surface area contributed by atoms with Gasteiger partial charge in [0.05, 0.1) is 0 Å². The van der Waals surface area contributed by atoms with Crippen LogP contribution in [0.4, 0.5) is 0 Å². The smallest absolute Gasteiger partial charge is 0.188 e. The second kappa shape index (κ2) is 4.49. The predicted molar refractivity (Wildman–Crippen MR) is 59.1 cm³/mol. The molecule has 2 rings (SSSR count). The number of guanidine groups is 1. The van der Waals surface area contributed by atoms with E-state index in [0.29, 0.717) is 17.9 Å². The van der Waals surface area contributed by atoms with Crippen LogP contribution >= 0.6 is 0 Å². The lowest BCUT2D eigenvalue weighted by Crippen LogP contribution is -2.33. The van der Waals surface area contributed by atoms with Crippen molar-refractivity contribution in [2.45, 2.75) is 38.1 Å². The van der Waals surface area contributed by atoms with Crippen molar-refractivity contribution >= 4 is 5.96 Å². The minimum Gasteiger partial charge on any atom is -0.370 e. The molecular formula is C11H19N3. The van der Waals surface area contributed by atoms with Crippen molar-refractivity contribution < 1.29 is 0 Å². The van der Waals surface area contributed by atoms with Gasteiger partial charge in [-0.3, -0.25) is 4.99 Å². The molecule has 1 saturated carbocycles. The summed E-state index contributed by atoms with van der Waals surface area (Å²) in [5.74, 6) is 1.35. The van der Waals surface area contributed by atoms with Crippen molar-refractivity contribution in [3.05, 3.63) is 12.2 Å². The van der Waals surface area contributed by atoms with Crippen LogP contribution in [0.5, 0.6) is 0 Å². The highest BCUT2D eigenvalue weighted by Gasteiger charge is 2.21. The van der Waals surface area contributed by atoms with Crippen LogP contribution in [0.2, 0.25) is 0 Å². The van der Waals surface area contributed by atoms with E-state index in [4.69, 9.17) is 5.73 Å². The van der Waals surface area contributed by atoms with Gasteiger partial charge in [-0.1, -0.05) is 12.2 Å². The zero-order valence-corrected chi connectivity index (χ0v) is 8.58. The molecule has 1 atom stereocenters. The summed E-state index contributed by atoms with van der Waals surface area (Å²) in [6, 6.07) is 0.616. The van der Waals surface area contributed by atoms with Gasteiger partial charge in [-0.15, -0.1) is 0 Å². The number of hydrogen-bond donors (Lipinski definition) is 2. The molecule has 14 heavy (non-hydrogen) atoms. The molecule has 3 heteroatoms. The topological polar surface area (TPSA) is 50.4 Å². The molecule has 1 fully saturated rings. The van der Waals surface area contributed by atoms with Crippen LogP contribution in [0.25, 0.3) is 0 Å². The average Bonchev–Trinajstić information content (AvgIpc) is 3.00. The highest BCUT2D eigenvalue weighted by atomic mass is 15.1. The van der Waals surface area contributed by atoms with E-state index in [0.717, 1.165) is 6.54 Å². The van der Waals surface area contributed by atoms with Gasteiger partial charge in [0.2, 0.25) is 0 Å². The summed E-state index contributed by atoms with van der Waals surface area (Å²) in [6.45, 7) is 0.885. The van der Waals surface area contributed by atoms with E-state index < -0.39 is 0 Å². The highest BCUT2D eigenvalue weighted by Crippen LogP contribution is 2.19. The second-order valence-electron chi connectivity index (χ2n) is 4.30. The van der Waals surface area contributed by atoms with Gasteiger partial charge in [0.15, 0.2) is 5.96 Å². The van der Waals surface area contributed by atoms with Crippen molar-refractivity contribution in [1.29, 1.82) is 0 Å². The van der Waals surface area contributed by atoms with E-state index in [-0.39, 0.29) is 0 Å². The van der Waals surface area contributed by atoms with E-state index in [1.54, 1.807) is 0 Å². The van der Waals surface area contributed by atoms with Gasteiger partial charge >= 0.3 is 0 Å². The van der Waals surface area contributed by atoms with Gasteiger partial charge in [-0.25, -0.2) is 0 Å². The number of nitrogens with two attached hydrogens (primary N) is 1. The lowest BCUT2D eigenvalue weighted by Gasteiger charge is -2.15. The first kappa shape index (κ1) is 9.56. The molecule has 0 heterocycles. The van der Waals surface area contributed by atoms with Crippen LogP contribution in [0.1, 0.15) is 32.1 Å². The normalized spacial score (nSPS) is 27.7. The van der Waals surface area contributed by atoms with E-state index in [9.17, 15) is 0 Å². The van der Waals surface area contributed by atoms with Crippen LogP contribution in [0, 0.1) is 5.92 Å². The maximum Gasteiger partial charge on any atom is 0.188 e. The Kier molecular flexibility index (Phi) is 3.07. The van der Waals surface area contributed by atoms with Crippen LogP contribution in [0.3, 0.4) is 0 Å². The van der Waals surface area contributed by atoms with Crippen LogP contribution in [-0.4, -0.2) is 18.5 Å². The monoisotopic (exact) mass is 193 g/mol. The first-order valence-electron chi connectivity index (χ1n) is 5.56. The molecule has 0 saturated heterocycles. The van der Waals surface area contributed by atoms with Gasteiger partial charge in [-0.05, 0) is 38.0 Å². The molecule has 0 aromatic rings. The zero-order valence-electron chi connectivity index (χ0n) is 8.58. The van der Waals surface area contributed by atoms with Crippen molar-refractivity contribution in [2.75, 3.05) is 6.54 Å². The van der Waals surface area contributed by atoms with Gasteiger partial charge in [0.1, 0.15) is 0 Å². The molecule has 3 nitrogen and oxygen atoms in total. The molecule has 0 aromatic heterocycles. The molecule has 0 amide bonds. The quantitative estimate of drug-likeness (QED) is 0.404. The Morgan fingerprint density at radius 2 is 2.21 bits per heavy atom. The summed E-state index contributed by atoms with van der Waals surface area (Å²) < 4.78 is 0. The third-order valence-electron chi connectivity index (χ3n) is 2.83. The van der Waals surface area contributed by atoms with Gasteiger partial charge in [0.25, 0.3) is 0 Å². The predicted octanol–water partition coefficient (Wildman–Crippen LogP) is 1.41. The lowest BCUT2D eigenvalue weighted by atomic mass is 9.95. The molecule has 2 aliphatic carbocycles. The molecule has 78 valence electrons. The largest absolute Gasteiger partial charge is 0.370 e. The Balaban J connectivity index is 1.70. The molecule has 2 aliphatic rings. The molecule has 1 unspecified atom stereocenters. The molecule has 3 N–H and O–H groups in total. The molecule has 0 aromatic carbocycles. The maximum atomic E-state index is 5.75. The molecule has 0 radical (unpaired) electrons. The first-order valence-corrected chi connectivity index (χ1v) is 5.56. The number of hydrogen-bond acceptors (Lipinski definition) is 1. The van der Waals surface area contributed by atoms with E-state index in [1.807, 2.05) is 0 Å². The van der Waals surface area contributed by atoms with Crippen molar-refractivity contribution in [2.24, 2.45) is 16.6 Å². The van der Waals surface area contributed by atoms with E-state index in [2.05, 4.69) is 22.5 Å². The van der Waals surface area contributed by atoms with E-state index in [1.165, 1.54) is 32.1 Å². The van der Waals surface area contributed by atoms with Gasteiger partial charge < -0.3 is 11.1 Å². The molecule has 0 spiro atoms. The Morgan fingerprint density at radius 1 is 1.36 bits per heavy atom.